The summed E-state index contributed by atoms with van der Waals surface area (Å²) in [5.41, 5.74) is 2.21. The van der Waals surface area contributed by atoms with Crippen LogP contribution in [0, 0.1) is 0 Å². The van der Waals surface area contributed by atoms with Gasteiger partial charge in [0.1, 0.15) is 12.4 Å². The van der Waals surface area contributed by atoms with Crippen LogP contribution in [0.4, 0.5) is 0 Å². The second-order valence-electron chi connectivity index (χ2n) is 7.24. The summed E-state index contributed by atoms with van der Waals surface area (Å²) < 4.78 is 5.91. The van der Waals surface area contributed by atoms with Crippen LogP contribution in [0.25, 0.3) is 0 Å². The normalized spacial score (nSPS) is 16.4. The zero-order chi connectivity index (χ0) is 21.3. The second-order valence-corrected chi connectivity index (χ2v) is 7.64. The Balaban J connectivity index is 1.55. The Bertz CT molecular complexity index is 887. The summed E-state index contributed by atoms with van der Waals surface area (Å²) in [6.07, 6.45) is 1.47. The molecule has 7 heteroatoms. The number of amides is 1. The summed E-state index contributed by atoms with van der Waals surface area (Å²) in [7, 11) is 1.76. The number of hydrogen-bond donors (Lipinski definition) is 2. The molecule has 1 amide bonds. The lowest BCUT2D eigenvalue weighted by Gasteiger charge is -2.19. The Hall–Kier alpha value is -2.73. The van der Waals surface area contributed by atoms with Crippen molar-refractivity contribution in [3.63, 3.8) is 0 Å². The molecule has 0 aliphatic carbocycles. The molecule has 0 radical (unpaired) electrons. The number of hydrogen-bond acceptors (Lipinski definition) is 3. The lowest BCUT2D eigenvalue weighted by Crippen LogP contribution is -2.44. The summed E-state index contributed by atoms with van der Waals surface area (Å²) in [6, 6.07) is 15.8. The van der Waals surface area contributed by atoms with E-state index >= 15 is 0 Å². The van der Waals surface area contributed by atoms with Crippen molar-refractivity contribution in [2.75, 3.05) is 20.1 Å². The largest absolute Gasteiger partial charge is 0.487 e. The third-order valence-electron chi connectivity index (χ3n) is 5.19. The lowest BCUT2D eigenvalue weighted by molar-refractivity contribution is -0.129. The third kappa shape index (κ3) is 5.89. The van der Waals surface area contributed by atoms with Gasteiger partial charge in [0.25, 0.3) is 0 Å². The number of halogens is 1. The van der Waals surface area contributed by atoms with Crippen molar-refractivity contribution in [3.8, 4) is 5.75 Å². The number of aliphatic imine (C=N–C) groups is 1. The highest BCUT2D eigenvalue weighted by Crippen LogP contribution is 2.24. The molecule has 0 spiro atoms. The quantitative estimate of drug-likeness (QED) is 0.522. The Morgan fingerprint density at radius 3 is 2.67 bits per heavy atom. The van der Waals surface area contributed by atoms with Gasteiger partial charge in [0, 0.05) is 39.1 Å². The van der Waals surface area contributed by atoms with E-state index in [1.807, 2.05) is 48.2 Å². The van der Waals surface area contributed by atoms with Gasteiger partial charge in [0.05, 0.1) is 5.02 Å². The minimum Gasteiger partial charge on any atom is -0.487 e. The third-order valence-corrected chi connectivity index (χ3v) is 5.50. The first-order chi connectivity index (χ1) is 14.6. The number of nitrogens with one attached hydrogen (secondary N) is 2. The number of carbonyl (C=O) groups is 1. The number of ether oxygens (including phenoxy) is 1. The van der Waals surface area contributed by atoms with E-state index in [0.717, 1.165) is 36.6 Å². The van der Waals surface area contributed by atoms with E-state index in [1.54, 1.807) is 7.05 Å². The lowest BCUT2D eigenvalue weighted by atomic mass is 10.1. The molecule has 0 bridgehead atoms. The first kappa shape index (κ1) is 22.0. The van der Waals surface area contributed by atoms with E-state index in [9.17, 15) is 4.79 Å². The number of guanidine groups is 1. The molecule has 1 aliphatic heterocycles. The average molecular weight is 429 g/mol. The molecular formula is C23H29ClN4O2. The molecule has 1 saturated heterocycles. The van der Waals surface area contributed by atoms with Crippen molar-refractivity contribution in [3.05, 3.63) is 64.7 Å². The molecule has 2 aromatic carbocycles. The minimum absolute atomic E-state index is 0.203. The van der Waals surface area contributed by atoms with E-state index < -0.39 is 0 Å². The smallest absolute Gasteiger partial charge is 0.222 e. The molecule has 2 aromatic rings. The molecule has 6 nitrogen and oxygen atoms in total. The fraction of sp³-hybridized carbons (Fsp3) is 0.391. The van der Waals surface area contributed by atoms with Crippen LogP contribution >= 0.6 is 11.6 Å². The van der Waals surface area contributed by atoms with Crippen LogP contribution in [0.15, 0.2) is 53.5 Å². The second kappa shape index (κ2) is 10.9. The van der Waals surface area contributed by atoms with Crippen LogP contribution in [0.3, 0.4) is 0 Å². The highest BCUT2D eigenvalue weighted by molar-refractivity contribution is 6.32. The Morgan fingerprint density at radius 2 is 1.93 bits per heavy atom. The molecule has 1 heterocycles. The Kier molecular flexibility index (Phi) is 7.97. The van der Waals surface area contributed by atoms with Crippen LogP contribution in [0.1, 0.15) is 30.9 Å². The van der Waals surface area contributed by atoms with E-state index in [1.165, 1.54) is 0 Å². The van der Waals surface area contributed by atoms with Crippen molar-refractivity contribution in [2.45, 2.75) is 39.0 Å². The monoisotopic (exact) mass is 428 g/mol. The molecule has 160 valence electrons. The van der Waals surface area contributed by atoms with Gasteiger partial charge in [-0.3, -0.25) is 9.79 Å². The molecule has 30 heavy (non-hydrogen) atoms. The van der Waals surface area contributed by atoms with Gasteiger partial charge in [-0.15, -0.1) is 0 Å². The fourth-order valence-corrected chi connectivity index (χ4v) is 3.67. The SMILES string of the molecule is CCC(=O)N1CCC(NC(=NC)NCc2ccccc2COc2ccccc2Cl)C1. The molecule has 1 fully saturated rings. The fourth-order valence-electron chi connectivity index (χ4n) is 3.48. The van der Waals surface area contributed by atoms with Crippen molar-refractivity contribution in [1.29, 1.82) is 0 Å². The van der Waals surface area contributed by atoms with Crippen LogP contribution in [-0.4, -0.2) is 42.9 Å². The van der Waals surface area contributed by atoms with Crippen LogP contribution < -0.4 is 15.4 Å². The topological polar surface area (TPSA) is 66.0 Å². The van der Waals surface area contributed by atoms with Crippen molar-refractivity contribution >= 4 is 23.5 Å². The van der Waals surface area contributed by atoms with Crippen LogP contribution in [0.5, 0.6) is 5.75 Å². The molecule has 2 N–H and O–H groups in total. The van der Waals surface area contributed by atoms with Crippen LogP contribution in [-0.2, 0) is 17.9 Å². The molecule has 0 saturated carbocycles. The van der Waals surface area contributed by atoms with Gasteiger partial charge in [0.2, 0.25) is 5.91 Å². The van der Waals surface area contributed by atoms with Gasteiger partial charge in [-0.2, -0.15) is 0 Å². The van der Waals surface area contributed by atoms with E-state index in [4.69, 9.17) is 16.3 Å². The van der Waals surface area contributed by atoms with Crippen molar-refractivity contribution in [1.82, 2.24) is 15.5 Å². The van der Waals surface area contributed by atoms with E-state index in [-0.39, 0.29) is 11.9 Å². The van der Waals surface area contributed by atoms with Gasteiger partial charge in [-0.1, -0.05) is 54.9 Å². The highest BCUT2D eigenvalue weighted by Gasteiger charge is 2.25. The summed E-state index contributed by atoms with van der Waals surface area (Å²) >= 11 is 6.19. The van der Waals surface area contributed by atoms with Gasteiger partial charge in [0.15, 0.2) is 5.96 Å². The number of rotatable bonds is 7. The van der Waals surface area contributed by atoms with Gasteiger partial charge in [-0.05, 0) is 29.7 Å². The number of likely N-dealkylation sites (tertiary alicyclic amines) is 1. The minimum atomic E-state index is 0.203. The Morgan fingerprint density at radius 1 is 1.20 bits per heavy atom. The van der Waals surface area contributed by atoms with E-state index in [2.05, 4.69) is 27.8 Å². The first-order valence-electron chi connectivity index (χ1n) is 10.3. The molecule has 1 atom stereocenters. The molecule has 3 rings (SSSR count). The zero-order valence-electron chi connectivity index (χ0n) is 17.5. The van der Waals surface area contributed by atoms with Gasteiger partial charge >= 0.3 is 0 Å². The number of nitrogens with zero attached hydrogens (tertiary/aromatic N) is 2. The molecule has 1 unspecified atom stereocenters. The standard InChI is InChI=1S/C23H29ClN4O2/c1-3-22(29)28-13-12-19(15-28)27-23(25-2)26-14-17-8-4-5-9-18(17)16-30-21-11-7-6-10-20(21)24/h4-11,19H,3,12-16H2,1-2H3,(H2,25,26,27). The summed E-state index contributed by atoms with van der Waals surface area (Å²) in [4.78, 5) is 18.1. The first-order valence-corrected chi connectivity index (χ1v) is 10.7. The maximum atomic E-state index is 11.9. The average Bonchev–Trinajstić information content (AvgIpc) is 3.24. The van der Waals surface area contributed by atoms with Crippen molar-refractivity contribution in [2.24, 2.45) is 4.99 Å². The summed E-state index contributed by atoms with van der Waals surface area (Å²) in [5.74, 6) is 1.61. The number of para-hydroxylation sites is 1. The molecule has 1 aliphatic rings. The molecular weight excluding hydrogens is 400 g/mol. The molecule has 0 aromatic heterocycles. The predicted octanol–water partition coefficient (Wildman–Crippen LogP) is 3.59. The zero-order valence-corrected chi connectivity index (χ0v) is 18.3. The van der Waals surface area contributed by atoms with E-state index in [0.29, 0.717) is 30.3 Å². The van der Waals surface area contributed by atoms with Crippen LogP contribution in [0.2, 0.25) is 5.02 Å². The van der Waals surface area contributed by atoms with Gasteiger partial charge in [-0.25, -0.2) is 0 Å². The predicted molar refractivity (Wildman–Crippen MR) is 121 cm³/mol. The summed E-state index contributed by atoms with van der Waals surface area (Å²) in [5, 5.41) is 7.40. The highest BCUT2D eigenvalue weighted by atomic mass is 35.5. The maximum absolute atomic E-state index is 11.9. The maximum Gasteiger partial charge on any atom is 0.222 e. The number of carbonyl (C=O) groups excluding carboxylic acids is 1. The van der Waals surface area contributed by atoms with Crippen molar-refractivity contribution < 1.29 is 9.53 Å². The summed E-state index contributed by atoms with van der Waals surface area (Å²) in [6.45, 7) is 4.46. The van der Waals surface area contributed by atoms with Gasteiger partial charge < -0.3 is 20.3 Å². The number of benzene rings is 2. The Labute approximate surface area is 183 Å².